The quantitative estimate of drug-likeness (QED) is 0.710. The minimum absolute atomic E-state index is 0.0812. The van der Waals surface area contributed by atoms with Crippen LogP contribution in [0.1, 0.15) is 11.9 Å². The van der Waals surface area contributed by atoms with Crippen LogP contribution in [-0.4, -0.2) is 6.54 Å². The van der Waals surface area contributed by atoms with Crippen molar-refractivity contribution >= 4 is 16.7 Å². The zero-order valence-corrected chi connectivity index (χ0v) is 10.3. The van der Waals surface area contributed by atoms with Crippen molar-refractivity contribution in [2.24, 2.45) is 0 Å². The molecule has 19 heavy (non-hydrogen) atoms. The third-order valence-electron chi connectivity index (χ3n) is 3.40. The molecule has 1 N–H and O–H groups in total. The first-order valence-corrected chi connectivity index (χ1v) is 6.38. The average molecular weight is 251 g/mol. The maximum Gasteiger partial charge on any atom is 0.173 e. The first kappa shape index (κ1) is 10.5. The summed E-state index contributed by atoms with van der Waals surface area (Å²) in [6.45, 7) is 0.719. The van der Waals surface area contributed by atoms with E-state index in [2.05, 4.69) is 11.4 Å². The van der Waals surface area contributed by atoms with E-state index in [1.165, 1.54) is 0 Å². The van der Waals surface area contributed by atoms with E-state index in [-0.39, 0.29) is 6.10 Å². The highest BCUT2D eigenvalue weighted by Crippen LogP contribution is 2.35. The molecule has 1 aliphatic rings. The number of hydrogen-bond acceptors (Lipinski definition) is 3. The average Bonchev–Trinajstić information content (AvgIpc) is 2.90. The molecule has 1 unspecified atom stereocenters. The molecule has 3 nitrogen and oxygen atoms in total. The molecule has 3 heteroatoms. The van der Waals surface area contributed by atoms with Crippen LogP contribution in [-0.2, 0) is 0 Å². The van der Waals surface area contributed by atoms with E-state index in [4.69, 9.17) is 9.15 Å². The Morgan fingerprint density at radius 1 is 1.00 bits per heavy atom. The second kappa shape index (κ2) is 4.05. The molecule has 2 heterocycles. The Kier molecular flexibility index (Phi) is 2.24. The van der Waals surface area contributed by atoms with Crippen molar-refractivity contribution in [2.45, 2.75) is 6.10 Å². The number of benzene rings is 2. The fourth-order valence-corrected chi connectivity index (χ4v) is 2.43. The molecule has 1 atom stereocenters. The number of furan rings is 1. The highest BCUT2D eigenvalue weighted by atomic mass is 16.5. The first-order chi connectivity index (χ1) is 9.40. The molecule has 94 valence electrons. The Labute approximate surface area is 110 Å². The van der Waals surface area contributed by atoms with Crippen molar-refractivity contribution in [2.75, 3.05) is 11.9 Å². The summed E-state index contributed by atoms with van der Waals surface area (Å²) in [4.78, 5) is 0. The number of para-hydroxylation sites is 3. The number of ether oxygens (including phenoxy) is 1. The minimum Gasteiger partial charge on any atom is -0.478 e. The van der Waals surface area contributed by atoms with Crippen LogP contribution >= 0.6 is 0 Å². The number of nitrogens with one attached hydrogen (secondary N) is 1. The molecular weight excluding hydrogens is 238 g/mol. The van der Waals surface area contributed by atoms with E-state index in [1.54, 1.807) is 0 Å². The van der Waals surface area contributed by atoms with Gasteiger partial charge in [-0.3, -0.25) is 0 Å². The predicted molar refractivity (Wildman–Crippen MR) is 74.5 cm³/mol. The smallest absolute Gasteiger partial charge is 0.173 e. The number of fused-ring (bicyclic) bond motifs is 2. The summed E-state index contributed by atoms with van der Waals surface area (Å²) in [5, 5.41) is 4.48. The summed E-state index contributed by atoms with van der Waals surface area (Å²) in [5.74, 6) is 1.74. The SMILES string of the molecule is c1ccc2c(c1)NCC(c1cc3ccccc3o1)O2. The van der Waals surface area contributed by atoms with Gasteiger partial charge in [0.15, 0.2) is 6.10 Å². The van der Waals surface area contributed by atoms with Gasteiger partial charge in [-0.25, -0.2) is 0 Å². The second-order valence-electron chi connectivity index (χ2n) is 4.67. The van der Waals surface area contributed by atoms with Gasteiger partial charge in [0.05, 0.1) is 12.2 Å². The van der Waals surface area contributed by atoms with Crippen molar-refractivity contribution in [1.29, 1.82) is 0 Å². The van der Waals surface area contributed by atoms with Crippen molar-refractivity contribution < 1.29 is 9.15 Å². The molecule has 0 fully saturated rings. The van der Waals surface area contributed by atoms with Gasteiger partial charge in [-0.15, -0.1) is 0 Å². The third kappa shape index (κ3) is 1.74. The Morgan fingerprint density at radius 3 is 2.79 bits per heavy atom. The number of rotatable bonds is 1. The molecular formula is C16H13NO2. The topological polar surface area (TPSA) is 34.4 Å². The first-order valence-electron chi connectivity index (χ1n) is 6.38. The van der Waals surface area contributed by atoms with E-state index < -0.39 is 0 Å². The molecule has 0 bridgehead atoms. The van der Waals surface area contributed by atoms with E-state index in [0.717, 1.165) is 34.7 Å². The fraction of sp³-hybridized carbons (Fsp3) is 0.125. The molecule has 0 saturated heterocycles. The van der Waals surface area contributed by atoms with Gasteiger partial charge in [0.2, 0.25) is 0 Å². The summed E-state index contributed by atoms with van der Waals surface area (Å²) in [5.41, 5.74) is 1.94. The summed E-state index contributed by atoms with van der Waals surface area (Å²) in [7, 11) is 0. The van der Waals surface area contributed by atoms with Gasteiger partial charge in [-0.1, -0.05) is 30.3 Å². The molecule has 1 aliphatic heterocycles. The molecule has 4 rings (SSSR count). The van der Waals surface area contributed by atoms with Crippen LogP contribution in [0.5, 0.6) is 5.75 Å². The zero-order valence-electron chi connectivity index (χ0n) is 10.3. The lowest BCUT2D eigenvalue weighted by atomic mass is 10.2. The van der Waals surface area contributed by atoms with Crippen LogP contribution < -0.4 is 10.1 Å². The summed E-state index contributed by atoms with van der Waals surface area (Å²) < 4.78 is 11.8. The van der Waals surface area contributed by atoms with Gasteiger partial charge in [-0.2, -0.15) is 0 Å². The number of hydrogen-bond donors (Lipinski definition) is 1. The van der Waals surface area contributed by atoms with Gasteiger partial charge in [0.25, 0.3) is 0 Å². The molecule has 1 aromatic heterocycles. The maximum absolute atomic E-state index is 5.99. The van der Waals surface area contributed by atoms with E-state index in [9.17, 15) is 0 Å². The summed E-state index contributed by atoms with van der Waals surface area (Å²) in [6, 6.07) is 18.0. The van der Waals surface area contributed by atoms with Crippen LogP contribution in [0.3, 0.4) is 0 Å². The Morgan fingerprint density at radius 2 is 1.84 bits per heavy atom. The van der Waals surface area contributed by atoms with Crippen molar-refractivity contribution in [3.8, 4) is 5.75 Å². The normalized spacial score (nSPS) is 17.6. The van der Waals surface area contributed by atoms with Gasteiger partial charge in [0.1, 0.15) is 17.1 Å². The predicted octanol–water partition coefficient (Wildman–Crippen LogP) is 3.98. The van der Waals surface area contributed by atoms with Crippen molar-refractivity contribution in [1.82, 2.24) is 0 Å². The van der Waals surface area contributed by atoms with Gasteiger partial charge in [-0.05, 0) is 24.3 Å². The molecule has 3 aromatic rings. The van der Waals surface area contributed by atoms with Crippen LogP contribution in [0.4, 0.5) is 5.69 Å². The van der Waals surface area contributed by atoms with Crippen molar-refractivity contribution in [3.05, 3.63) is 60.4 Å². The Hall–Kier alpha value is -2.42. The minimum atomic E-state index is -0.0812. The molecule has 0 aliphatic carbocycles. The molecule has 2 aromatic carbocycles. The lowest BCUT2D eigenvalue weighted by Gasteiger charge is -2.25. The fourth-order valence-electron chi connectivity index (χ4n) is 2.43. The van der Waals surface area contributed by atoms with Crippen molar-refractivity contribution in [3.63, 3.8) is 0 Å². The summed E-state index contributed by atoms with van der Waals surface area (Å²) in [6.07, 6.45) is -0.0812. The largest absolute Gasteiger partial charge is 0.478 e. The van der Waals surface area contributed by atoms with Gasteiger partial charge < -0.3 is 14.5 Å². The van der Waals surface area contributed by atoms with Crippen LogP contribution in [0.15, 0.2) is 59.0 Å². The number of anilines is 1. The highest BCUT2D eigenvalue weighted by Gasteiger charge is 2.23. The van der Waals surface area contributed by atoms with Crippen LogP contribution in [0.25, 0.3) is 11.0 Å². The van der Waals surface area contributed by atoms with E-state index in [1.807, 2.05) is 48.5 Å². The standard InChI is InChI=1S/C16H13NO2/c1-3-7-13-11(5-1)9-15(18-13)16-10-17-12-6-2-4-8-14(12)19-16/h1-9,16-17H,10H2. The van der Waals surface area contributed by atoms with Gasteiger partial charge >= 0.3 is 0 Å². The van der Waals surface area contributed by atoms with Crippen LogP contribution in [0, 0.1) is 0 Å². The lowest BCUT2D eigenvalue weighted by Crippen LogP contribution is -2.22. The highest BCUT2D eigenvalue weighted by molar-refractivity contribution is 5.77. The Bertz CT molecular complexity index is 699. The van der Waals surface area contributed by atoms with E-state index >= 15 is 0 Å². The summed E-state index contributed by atoms with van der Waals surface area (Å²) >= 11 is 0. The van der Waals surface area contributed by atoms with Gasteiger partial charge in [0, 0.05) is 5.39 Å². The molecule has 0 saturated carbocycles. The Balaban J connectivity index is 1.70. The molecule has 0 radical (unpaired) electrons. The third-order valence-corrected chi connectivity index (χ3v) is 3.40. The lowest BCUT2D eigenvalue weighted by molar-refractivity contribution is 0.183. The zero-order chi connectivity index (χ0) is 12.7. The monoisotopic (exact) mass is 251 g/mol. The molecule has 0 amide bonds. The van der Waals surface area contributed by atoms with Crippen LogP contribution in [0.2, 0.25) is 0 Å². The second-order valence-corrected chi connectivity index (χ2v) is 4.67. The maximum atomic E-state index is 5.99. The van der Waals surface area contributed by atoms with E-state index in [0.29, 0.717) is 0 Å². The molecule has 0 spiro atoms.